The fourth-order valence-electron chi connectivity index (χ4n) is 1.04. The van der Waals surface area contributed by atoms with Crippen molar-refractivity contribution < 1.29 is 0 Å². The van der Waals surface area contributed by atoms with Gasteiger partial charge in [0.05, 0.1) is 11.5 Å². The topological polar surface area (TPSA) is 38.4 Å². The van der Waals surface area contributed by atoms with Gasteiger partial charge in [-0.2, -0.15) is 0 Å². The number of benzene rings is 1. The predicted molar refractivity (Wildman–Crippen MR) is 60.6 cm³/mol. The molecule has 2 N–H and O–H groups in total. The van der Waals surface area contributed by atoms with E-state index in [0.717, 1.165) is 10.2 Å². The minimum atomic E-state index is 0.573. The quantitative estimate of drug-likeness (QED) is 0.595. The van der Waals surface area contributed by atoms with Crippen molar-refractivity contribution in [2.75, 3.05) is 0 Å². The molecule has 3 heteroatoms. The lowest BCUT2D eigenvalue weighted by Gasteiger charge is -2.04. The molecular weight excluding hydrogens is 228 g/mol. The van der Waals surface area contributed by atoms with Crippen LogP contribution in [0.3, 0.4) is 0 Å². The van der Waals surface area contributed by atoms with Crippen molar-refractivity contribution >= 4 is 27.5 Å². The SMILES string of the molecule is CC(N)=Nc1cc(C)c(C)cc1Br. The molecule has 0 aliphatic heterocycles. The lowest BCUT2D eigenvalue weighted by molar-refractivity contribution is 1.30. The maximum absolute atomic E-state index is 5.51. The summed E-state index contributed by atoms with van der Waals surface area (Å²) >= 11 is 3.45. The second-order valence-corrected chi connectivity index (χ2v) is 4.00. The average molecular weight is 241 g/mol. The van der Waals surface area contributed by atoms with Gasteiger partial charge < -0.3 is 5.73 Å². The molecule has 0 fully saturated rings. The van der Waals surface area contributed by atoms with Crippen molar-refractivity contribution in [2.45, 2.75) is 20.8 Å². The number of aryl methyl sites for hydroxylation is 2. The van der Waals surface area contributed by atoms with Gasteiger partial charge in [-0.3, -0.25) is 0 Å². The molecule has 1 aromatic rings. The van der Waals surface area contributed by atoms with Crippen LogP contribution in [0.5, 0.6) is 0 Å². The molecule has 1 rings (SSSR count). The summed E-state index contributed by atoms with van der Waals surface area (Å²) in [6.07, 6.45) is 0. The number of aliphatic imine (C=N–C) groups is 1. The highest BCUT2D eigenvalue weighted by atomic mass is 79.9. The molecule has 0 aliphatic rings. The zero-order valence-corrected chi connectivity index (χ0v) is 9.64. The largest absolute Gasteiger partial charge is 0.387 e. The van der Waals surface area contributed by atoms with Gasteiger partial charge in [0.25, 0.3) is 0 Å². The first kappa shape index (κ1) is 10.3. The van der Waals surface area contributed by atoms with Crippen LogP contribution in [0.15, 0.2) is 21.6 Å². The van der Waals surface area contributed by atoms with Crippen molar-refractivity contribution in [1.82, 2.24) is 0 Å². The Balaban J connectivity index is 3.24. The molecular formula is C10H13BrN2. The highest BCUT2D eigenvalue weighted by Gasteiger charge is 2.01. The second-order valence-electron chi connectivity index (χ2n) is 3.14. The molecule has 0 atom stereocenters. The standard InChI is InChI=1S/C10H13BrN2/c1-6-4-9(11)10(5-7(6)2)13-8(3)12/h4-5H,1-3H3,(H2,12,13). The first-order valence-corrected chi connectivity index (χ1v) is 4.87. The van der Waals surface area contributed by atoms with Crippen LogP contribution in [-0.4, -0.2) is 5.84 Å². The molecule has 1 aromatic carbocycles. The Morgan fingerprint density at radius 3 is 2.38 bits per heavy atom. The number of rotatable bonds is 1. The Morgan fingerprint density at radius 1 is 1.31 bits per heavy atom. The molecule has 0 saturated carbocycles. The van der Waals surface area contributed by atoms with E-state index in [0.29, 0.717) is 5.84 Å². The summed E-state index contributed by atoms with van der Waals surface area (Å²) in [4.78, 5) is 4.21. The fraction of sp³-hybridized carbons (Fsp3) is 0.300. The first-order chi connectivity index (χ1) is 6.00. The zero-order chi connectivity index (χ0) is 10.0. The maximum Gasteiger partial charge on any atom is 0.0965 e. The molecule has 0 heterocycles. The van der Waals surface area contributed by atoms with E-state index in [9.17, 15) is 0 Å². The first-order valence-electron chi connectivity index (χ1n) is 4.08. The Kier molecular flexibility index (Phi) is 3.09. The van der Waals surface area contributed by atoms with E-state index < -0.39 is 0 Å². The Hall–Kier alpha value is -0.830. The lowest BCUT2D eigenvalue weighted by atomic mass is 10.1. The molecule has 2 nitrogen and oxygen atoms in total. The summed E-state index contributed by atoms with van der Waals surface area (Å²) in [5, 5.41) is 0. The van der Waals surface area contributed by atoms with Crippen molar-refractivity contribution in [3.05, 3.63) is 27.7 Å². The maximum atomic E-state index is 5.51. The number of nitrogens with two attached hydrogens (primary N) is 1. The van der Waals surface area contributed by atoms with Gasteiger partial charge in [0.1, 0.15) is 0 Å². The van der Waals surface area contributed by atoms with Crippen LogP contribution in [0.1, 0.15) is 18.1 Å². The number of amidine groups is 1. The van der Waals surface area contributed by atoms with Gasteiger partial charge in [0.15, 0.2) is 0 Å². The highest BCUT2D eigenvalue weighted by molar-refractivity contribution is 9.10. The molecule has 70 valence electrons. The number of halogens is 1. The average Bonchev–Trinajstić information content (AvgIpc) is 1.99. The molecule has 0 amide bonds. The van der Waals surface area contributed by atoms with Gasteiger partial charge in [-0.05, 0) is 60.0 Å². The summed E-state index contributed by atoms with van der Waals surface area (Å²) in [5.74, 6) is 0.573. The van der Waals surface area contributed by atoms with Crippen LogP contribution in [0, 0.1) is 13.8 Å². The van der Waals surface area contributed by atoms with Crippen LogP contribution in [0.4, 0.5) is 5.69 Å². The van der Waals surface area contributed by atoms with Crippen LogP contribution >= 0.6 is 15.9 Å². The Bertz CT molecular complexity index is 352. The van der Waals surface area contributed by atoms with Crippen LogP contribution < -0.4 is 5.73 Å². The van der Waals surface area contributed by atoms with E-state index in [2.05, 4.69) is 40.8 Å². The van der Waals surface area contributed by atoms with E-state index in [4.69, 9.17) is 5.73 Å². The minimum absolute atomic E-state index is 0.573. The smallest absolute Gasteiger partial charge is 0.0965 e. The van der Waals surface area contributed by atoms with Crippen LogP contribution in [0.25, 0.3) is 0 Å². The summed E-state index contributed by atoms with van der Waals surface area (Å²) in [6.45, 7) is 5.91. The molecule has 13 heavy (non-hydrogen) atoms. The number of nitrogens with zero attached hydrogens (tertiary/aromatic N) is 1. The van der Waals surface area contributed by atoms with Gasteiger partial charge in [-0.25, -0.2) is 4.99 Å². The third-order valence-electron chi connectivity index (χ3n) is 1.86. The summed E-state index contributed by atoms with van der Waals surface area (Å²) < 4.78 is 0.986. The molecule has 0 bridgehead atoms. The van der Waals surface area contributed by atoms with Gasteiger partial charge in [0.2, 0.25) is 0 Å². The van der Waals surface area contributed by atoms with Gasteiger partial charge >= 0.3 is 0 Å². The van der Waals surface area contributed by atoms with Gasteiger partial charge in [-0.1, -0.05) is 0 Å². The van der Waals surface area contributed by atoms with E-state index >= 15 is 0 Å². The third kappa shape index (κ3) is 2.56. The van der Waals surface area contributed by atoms with Crippen molar-refractivity contribution in [2.24, 2.45) is 10.7 Å². The van der Waals surface area contributed by atoms with E-state index in [1.54, 1.807) is 6.92 Å². The lowest BCUT2D eigenvalue weighted by Crippen LogP contribution is -2.03. The minimum Gasteiger partial charge on any atom is -0.387 e. The monoisotopic (exact) mass is 240 g/mol. The third-order valence-corrected chi connectivity index (χ3v) is 2.50. The molecule has 0 spiro atoms. The predicted octanol–water partition coefficient (Wildman–Crippen LogP) is 3.07. The molecule has 0 aliphatic carbocycles. The van der Waals surface area contributed by atoms with E-state index in [-0.39, 0.29) is 0 Å². The molecule has 0 unspecified atom stereocenters. The fourth-order valence-corrected chi connectivity index (χ4v) is 1.59. The Morgan fingerprint density at radius 2 is 1.85 bits per heavy atom. The summed E-state index contributed by atoms with van der Waals surface area (Å²) in [6, 6.07) is 4.08. The van der Waals surface area contributed by atoms with E-state index in [1.165, 1.54) is 11.1 Å². The van der Waals surface area contributed by atoms with Crippen LogP contribution in [0.2, 0.25) is 0 Å². The van der Waals surface area contributed by atoms with Crippen molar-refractivity contribution in [3.63, 3.8) is 0 Å². The molecule has 0 aromatic heterocycles. The van der Waals surface area contributed by atoms with Crippen molar-refractivity contribution in [1.29, 1.82) is 0 Å². The Labute approximate surface area is 87.0 Å². The highest BCUT2D eigenvalue weighted by Crippen LogP contribution is 2.28. The summed E-state index contributed by atoms with van der Waals surface area (Å²) in [7, 11) is 0. The zero-order valence-electron chi connectivity index (χ0n) is 8.06. The molecule has 0 radical (unpaired) electrons. The number of hydrogen-bond donors (Lipinski definition) is 1. The number of hydrogen-bond acceptors (Lipinski definition) is 1. The normalized spacial score (nSPS) is 11.8. The molecule has 0 saturated heterocycles. The summed E-state index contributed by atoms with van der Waals surface area (Å²) in [5.41, 5.74) is 8.88. The van der Waals surface area contributed by atoms with Crippen LogP contribution in [-0.2, 0) is 0 Å². The van der Waals surface area contributed by atoms with Gasteiger partial charge in [0, 0.05) is 4.47 Å². The van der Waals surface area contributed by atoms with Gasteiger partial charge in [-0.15, -0.1) is 0 Å². The van der Waals surface area contributed by atoms with Crippen molar-refractivity contribution in [3.8, 4) is 0 Å². The second kappa shape index (κ2) is 3.92. The van der Waals surface area contributed by atoms with E-state index in [1.807, 2.05) is 6.07 Å².